The van der Waals surface area contributed by atoms with E-state index in [4.69, 9.17) is 21.5 Å². The largest absolute Gasteiger partial charge is 0.490 e. The topological polar surface area (TPSA) is 144 Å². The molecule has 0 saturated heterocycles. The Labute approximate surface area is 231 Å². The number of anilines is 2. The lowest BCUT2D eigenvalue weighted by atomic mass is 9.80. The van der Waals surface area contributed by atoms with Gasteiger partial charge >= 0.3 is 19.5 Å². The number of alkyl halides is 6. The first kappa shape index (κ1) is 34.7. The summed E-state index contributed by atoms with van der Waals surface area (Å²) in [7, 11) is -1.94. The van der Waals surface area contributed by atoms with Crippen LogP contribution in [0.4, 0.5) is 42.4 Å². The first-order valence-corrected chi connectivity index (χ1v) is 11.0. The minimum Gasteiger partial charge on any atom is -0.423 e. The molecule has 6 N–H and O–H groups in total. The molecule has 0 fully saturated rings. The lowest BCUT2D eigenvalue weighted by Gasteiger charge is -2.11. The zero-order valence-corrected chi connectivity index (χ0v) is 20.8. The SMILES string of the molecule is C.Cc1ncc(-c2cccc(N)n2)cc1C(F)(F)F.Cc1ncc(B(O)O)cc1C(F)(F)F.Nc1cccc(F)n1. The first-order chi connectivity index (χ1) is 18.5. The number of hydrogen-bond donors (Lipinski definition) is 4. The number of nitrogens with zero attached hydrogens (tertiary/aromatic N) is 4. The maximum atomic E-state index is 12.7. The molecule has 4 aromatic heterocycles. The Morgan fingerprint density at radius 3 is 1.66 bits per heavy atom. The van der Waals surface area contributed by atoms with Crippen molar-refractivity contribution in [2.24, 2.45) is 0 Å². The van der Waals surface area contributed by atoms with E-state index < -0.39 is 36.5 Å². The molecule has 0 aromatic carbocycles. The van der Waals surface area contributed by atoms with Crippen LogP contribution in [0.2, 0.25) is 0 Å². The lowest BCUT2D eigenvalue weighted by molar-refractivity contribution is -0.139. The van der Waals surface area contributed by atoms with Gasteiger partial charge < -0.3 is 21.5 Å². The molecule has 0 radical (unpaired) electrons. The number of nitrogens with two attached hydrogens (primary N) is 2. The molecular formula is C25H26BF7N6O2. The van der Waals surface area contributed by atoms with Gasteiger partial charge in [0, 0.05) is 34.8 Å². The average Bonchev–Trinajstić information content (AvgIpc) is 2.84. The Morgan fingerprint density at radius 2 is 1.22 bits per heavy atom. The van der Waals surface area contributed by atoms with Gasteiger partial charge in [0.2, 0.25) is 5.95 Å². The standard InChI is InChI=1S/C12H10F3N3.C7H7BF3NO2.C5H5FN2.CH4/c1-7-9(12(13,14)15)5-8(6-17-7)10-3-2-4-11(16)18-10;1-4-6(7(9,10)11)2-5(3-12-4)8(13)14;6-4-2-1-3-5(7)8-4;/h2-6H,1H3,(H2,16,18);2-3,13-14H,1H3;1-3H,(H2,7,8);1H4. The van der Waals surface area contributed by atoms with Crippen molar-refractivity contribution in [2.75, 3.05) is 11.5 Å². The minimum absolute atomic E-state index is 0. The van der Waals surface area contributed by atoms with Crippen molar-refractivity contribution >= 4 is 24.2 Å². The summed E-state index contributed by atoms with van der Waals surface area (Å²) < 4.78 is 87.1. The van der Waals surface area contributed by atoms with Crippen LogP contribution in [0, 0.1) is 19.8 Å². The van der Waals surface area contributed by atoms with Gasteiger partial charge in [-0.3, -0.25) is 9.97 Å². The average molecular weight is 586 g/mol. The predicted molar refractivity (Wildman–Crippen MR) is 141 cm³/mol. The van der Waals surface area contributed by atoms with Gasteiger partial charge in [-0.1, -0.05) is 19.6 Å². The third-order valence-corrected chi connectivity index (χ3v) is 4.91. The summed E-state index contributed by atoms with van der Waals surface area (Å²) in [5, 5.41) is 17.3. The van der Waals surface area contributed by atoms with Gasteiger partial charge in [-0.2, -0.15) is 30.7 Å². The van der Waals surface area contributed by atoms with Gasteiger partial charge in [0.05, 0.1) is 16.8 Å². The van der Waals surface area contributed by atoms with Crippen molar-refractivity contribution in [3.8, 4) is 11.3 Å². The van der Waals surface area contributed by atoms with E-state index in [1.807, 2.05) is 0 Å². The smallest absolute Gasteiger partial charge is 0.423 e. The van der Waals surface area contributed by atoms with E-state index in [0.29, 0.717) is 17.3 Å². The molecule has 0 spiro atoms. The van der Waals surface area contributed by atoms with Crippen LogP contribution in [0.3, 0.4) is 0 Å². The van der Waals surface area contributed by atoms with Gasteiger partial charge in [-0.15, -0.1) is 0 Å². The summed E-state index contributed by atoms with van der Waals surface area (Å²) in [5.41, 5.74) is 9.02. The van der Waals surface area contributed by atoms with Crippen molar-refractivity contribution in [3.05, 3.63) is 89.4 Å². The fraction of sp³-hybridized carbons (Fsp3) is 0.200. The summed E-state index contributed by atoms with van der Waals surface area (Å²) in [6.07, 6.45) is -6.60. The van der Waals surface area contributed by atoms with Gasteiger partial charge in [0.15, 0.2) is 0 Å². The van der Waals surface area contributed by atoms with E-state index >= 15 is 0 Å². The minimum atomic E-state index is -4.53. The molecule has 4 rings (SSSR count). The molecule has 4 heterocycles. The van der Waals surface area contributed by atoms with E-state index in [2.05, 4.69) is 19.9 Å². The van der Waals surface area contributed by atoms with Crippen LogP contribution in [0.15, 0.2) is 60.9 Å². The molecule has 4 aromatic rings. The monoisotopic (exact) mass is 586 g/mol. The lowest BCUT2D eigenvalue weighted by Crippen LogP contribution is -2.31. The molecule has 0 aliphatic carbocycles. The molecule has 0 bridgehead atoms. The number of aromatic nitrogens is 4. The maximum Gasteiger partial charge on any atom is 0.490 e. The fourth-order valence-corrected chi connectivity index (χ4v) is 2.97. The summed E-state index contributed by atoms with van der Waals surface area (Å²) in [6.45, 7) is 2.52. The van der Waals surface area contributed by atoms with E-state index in [1.54, 1.807) is 18.2 Å². The molecular weight excluding hydrogens is 560 g/mol. The summed E-state index contributed by atoms with van der Waals surface area (Å²) in [6, 6.07) is 10.8. The zero-order chi connectivity index (χ0) is 30.3. The maximum absolute atomic E-state index is 12.7. The van der Waals surface area contributed by atoms with Crippen molar-refractivity contribution in [1.82, 2.24) is 19.9 Å². The summed E-state index contributed by atoms with van der Waals surface area (Å²) in [5.74, 6) is -0.0726. The Balaban J connectivity index is 0.000000325. The second-order valence-corrected chi connectivity index (χ2v) is 7.96. The second kappa shape index (κ2) is 14.4. The van der Waals surface area contributed by atoms with E-state index in [0.717, 1.165) is 12.3 Å². The number of aryl methyl sites for hydroxylation is 2. The molecule has 0 aliphatic rings. The number of nitrogen functional groups attached to an aromatic ring is 2. The fourth-order valence-electron chi connectivity index (χ4n) is 2.97. The number of halogens is 7. The number of hydrogen-bond acceptors (Lipinski definition) is 8. The van der Waals surface area contributed by atoms with E-state index in [9.17, 15) is 30.7 Å². The van der Waals surface area contributed by atoms with Crippen molar-refractivity contribution < 1.29 is 40.8 Å². The summed E-state index contributed by atoms with van der Waals surface area (Å²) in [4.78, 5) is 14.4. The Morgan fingerprint density at radius 1 is 0.732 bits per heavy atom. The molecule has 0 aliphatic heterocycles. The highest BCUT2D eigenvalue weighted by Gasteiger charge is 2.34. The van der Waals surface area contributed by atoms with Gasteiger partial charge in [0.1, 0.15) is 11.6 Å². The number of pyridine rings is 4. The van der Waals surface area contributed by atoms with Gasteiger partial charge in [-0.05, 0) is 50.2 Å². The van der Waals surface area contributed by atoms with Crippen LogP contribution in [0.25, 0.3) is 11.3 Å². The Kier molecular flexibility index (Phi) is 12.2. The third kappa shape index (κ3) is 10.6. The van der Waals surface area contributed by atoms with Crippen molar-refractivity contribution in [3.63, 3.8) is 0 Å². The van der Waals surface area contributed by atoms with E-state index in [-0.39, 0.29) is 35.9 Å². The molecule has 0 amide bonds. The quantitative estimate of drug-likeness (QED) is 0.152. The molecule has 41 heavy (non-hydrogen) atoms. The molecule has 0 saturated carbocycles. The summed E-state index contributed by atoms with van der Waals surface area (Å²) >= 11 is 0. The molecule has 8 nitrogen and oxygen atoms in total. The molecule has 220 valence electrons. The first-order valence-electron chi connectivity index (χ1n) is 11.0. The van der Waals surface area contributed by atoms with E-state index in [1.165, 1.54) is 38.2 Å². The van der Waals surface area contributed by atoms with Crippen LogP contribution >= 0.6 is 0 Å². The highest BCUT2D eigenvalue weighted by atomic mass is 19.4. The van der Waals surface area contributed by atoms with Gasteiger partial charge in [-0.25, -0.2) is 9.97 Å². The molecule has 0 unspecified atom stereocenters. The third-order valence-electron chi connectivity index (χ3n) is 4.91. The predicted octanol–water partition coefficient (Wildman–Crippen LogP) is 4.58. The molecule has 0 atom stereocenters. The van der Waals surface area contributed by atoms with Gasteiger partial charge in [0.25, 0.3) is 0 Å². The normalized spacial score (nSPS) is 10.8. The van der Waals surface area contributed by atoms with Crippen LogP contribution in [0.5, 0.6) is 0 Å². The van der Waals surface area contributed by atoms with Crippen LogP contribution in [-0.4, -0.2) is 37.1 Å². The van der Waals surface area contributed by atoms with Crippen molar-refractivity contribution in [2.45, 2.75) is 33.6 Å². The Hall–Kier alpha value is -4.31. The second-order valence-electron chi connectivity index (χ2n) is 7.96. The molecule has 16 heteroatoms. The highest BCUT2D eigenvalue weighted by Crippen LogP contribution is 2.33. The number of rotatable bonds is 2. The van der Waals surface area contributed by atoms with Crippen LogP contribution in [-0.2, 0) is 12.4 Å². The van der Waals surface area contributed by atoms with Crippen molar-refractivity contribution in [1.29, 1.82) is 0 Å². The van der Waals surface area contributed by atoms with Crippen LogP contribution in [0.1, 0.15) is 29.9 Å². The highest BCUT2D eigenvalue weighted by molar-refractivity contribution is 6.58. The van der Waals surface area contributed by atoms with Crippen LogP contribution < -0.4 is 16.9 Å². The Bertz CT molecular complexity index is 1420. The zero-order valence-electron chi connectivity index (χ0n) is 20.8.